The van der Waals surface area contributed by atoms with Crippen LogP contribution in [-0.4, -0.2) is 44.9 Å². The predicted molar refractivity (Wildman–Crippen MR) is 110 cm³/mol. The lowest BCUT2D eigenvalue weighted by Gasteiger charge is -2.13. The molecule has 1 aromatic carbocycles. The van der Waals surface area contributed by atoms with Crippen LogP contribution in [0.5, 0.6) is 23.1 Å². The second-order valence-corrected chi connectivity index (χ2v) is 5.38. The van der Waals surface area contributed by atoms with Crippen molar-refractivity contribution < 1.29 is 23.7 Å². The van der Waals surface area contributed by atoms with Gasteiger partial charge in [-0.3, -0.25) is 4.79 Å². The highest BCUT2D eigenvalue weighted by Gasteiger charge is 2.14. The molecule has 0 fully saturated rings. The van der Waals surface area contributed by atoms with Crippen LogP contribution in [0, 0.1) is 0 Å². The van der Waals surface area contributed by atoms with E-state index >= 15 is 0 Å². The van der Waals surface area contributed by atoms with E-state index in [0.717, 1.165) is 5.56 Å². The van der Waals surface area contributed by atoms with Gasteiger partial charge in [0.15, 0.2) is 11.5 Å². The van der Waals surface area contributed by atoms with Gasteiger partial charge < -0.3 is 30.0 Å². The lowest BCUT2D eigenvalue weighted by atomic mass is 10.2. The molecule has 1 amide bonds. The van der Waals surface area contributed by atoms with Gasteiger partial charge in [-0.2, -0.15) is 0 Å². The minimum Gasteiger partial charge on any atom is -0.493 e. The number of rotatable bonds is 9. The molecule has 3 N–H and O–H groups in total. The van der Waals surface area contributed by atoms with Crippen molar-refractivity contribution >= 4 is 30.7 Å². The standard InChI is InChI=1S/C18H23N3O5.2ClH/c1-23-11-13(19)18(22)21-10-12-7-8-16(20-9-12)26-17-14(24-2)5-4-6-15(17)25-3;;/h4-9,13H,10-11,19H2,1-3H3,(H,21,22);2*1H. The first kappa shape index (κ1) is 25.7. The molecule has 0 aliphatic rings. The Morgan fingerprint density at radius 1 is 1.11 bits per heavy atom. The van der Waals surface area contributed by atoms with E-state index in [1.54, 1.807) is 50.7 Å². The van der Waals surface area contributed by atoms with E-state index in [0.29, 0.717) is 29.7 Å². The molecule has 1 unspecified atom stereocenters. The number of pyridine rings is 1. The fourth-order valence-corrected chi connectivity index (χ4v) is 2.17. The van der Waals surface area contributed by atoms with Gasteiger partial charge in [-0.15, -0.1) is 24.8 Å². The zero-order chi connectivity index (χ0) is 18.9. The summed E-state index contributed by atoms with van der Waals surface area (Å²) in [5.41, 5.74) is 6.47. The number of amides is 1. The van der Waals surface area contributed by atoms with Gasteiger partial charge in [-0.05, 0) is 17.7 Å². The summed E-state index contributed by atoms with van der Waals surface area (Å²) in [7, 11) is 4.59. The van der Waals surface area contributed by atoms with Crippen molar-refractivity contribution in [2.75, 3.05) is 27.9 Å². The summed E-state index contributed by atoms with van der Waals surface area (Å²) in [5.74, 6) is 1.60. The number of benzene rings is 1. The Labute approximate surface area is 176 Å². The number of halogens is 2. The van der Waals surface area contributed by atoms with Crippen LogP contribution < -0.4 is 25.3 Å². The molecule has 2 rings (SSSR count). The Kier molecular flexibility index (Phi) is 12.0. The number of carbonyl (C=O) groups is 1. The highest BCUT2D eigenvalue weighted by molar-refractivity contribution is 5.85. The maximum atomic E-state index is 11.8. The van der Waals surface area contributed by atoms with Crippen molar-refractivity contribution in [3.05, 3.63) is 42.1 Å². The van der Waals surface area contributed by atoms with Crippen molar-refractivity contribution in [3.63, 3.8) is 0 Å². The van der Waals surface area contributed by atoms with Crippen LogP contribution in [0.15, 0.2) is 36.5 Å². The van der Waals surface area contributed by atoms with Gasteiger partial charge in [0.1, 0.15) is 6.04 Å². The highest BCUT2D eigenvalue weighted by Crippen LogP contribution is 2.39. The van der Waals surface area contributed by atoms with Crippen molar-refractivity contribution in [1.82, 2.24) is 10.3 Å². The molecule has 0 saturated carbocycles. The maximum absolute atomic E-state index is 11.8. The molecule has 0 aliphatic heterocycles. The van der Waals surface area contributed by atoms with Crippen LogP contribution >= 0.6 is 24.8 Å². The van der Waals surface area contributed by atoms with Gasteiger partial charge in [-0.25, -0.2) is 4.98 Å². The first-order chi connectivity index (χ1) is 12.6. The average Bonchev–Trinajstić information content (AvgIpc) is 2.67. The molecular weight excluding hydrogens is 409 g/mol. The van der Waals surface area contributed by atoms with Gasteiger partial charge in [0.05, 0.1) is 20.8 Å². The van der Waals surface area contributed by atoms with E-state index in [-0.39, 0.29) is 37.3 Å². The third kappa shape index (κ3) is 7.05. The third-order valence-corrected chi connectivity index (χ3v) is 3.54. The van der Waals surface area contributed by atoms with Crippen molar-refractivity contribution in [2.24, 2.45) is 5.73 Å². The summed E-state index contributed by atoms with van der Waals surface area (Å²) in [6, 6.07) is 8.14. The lowest BCUT2D eigenvalue weighted by Crippen LogP contribution is -2.43. The molecule has 8 nitrogen and oxygen atoms in total. The molecule has 0 aliphatic carbocycles. The van der Waals surface area contributed by atoms with Crippen molar-refractivity contribution in [1.29, 1.82) is 0 Å². The molecule has 28 heavy (non-hydrogen) atoms. The summed E-state index contributed by atoms with van der Waals surface area (Å²) in [6.45, 7) is 0.471. The largest absolute Gasteiger partial charge is 0.493 e. The van der Waals surface area contributed by atoms with Crippen LogP contribution in [0.25, 0.3) is 0 Å². The first-order valence-electron chi connectivity index (χ1n) is 7.95. The topological polar surface area (TPSA) is 105 Å². The SMILES string of the molecule is COCC(N)C(=O)NCc1ccc(Oc2c(OC)cccc2OC)nc1.Cl.Cl. The molecule has 1 heterocycles. The van der Waals surface area contributed by atoms with Gasteiger partial charge in [0, 0.05) is 25.9 Å². The van der Waals surface area contributed by atoms with Gasteiger partial charge in [-0.1, -0.05) is 12.1 Å². The summed E-state index contributed by atoms with van der Waals surface area (Å²) in [6.07, 6.45) is 1.61. The van der Waals surface area contributed by atoms with Crippen LogP contribution in [0.4, 0.5) is 0 Å². The van der Waals surface area contributed by atoms with E-state index in [9.17, 15) is 4.79 Å². The second-order valence-electron chi connectivity index (χ2n) is 5.38. The van der Waals surface area contributed by atoms with Gasteiger partial charge in [0.2, 0.25) is 17.5 Å². The fraction of sp³-hybridized carbons (Fsp3) is 0.333. The number of nitrogens with zero attached hydrogens (tertiary/aromatic N) is 1. The molecule has 0 saturated heterocycles. The van der Waals surface area contributed by atoms with E-state index in [1.165, 1.54) is 7.11 Å². The number of carbonyl (C=O) groups excluding carboxylic acids is 1. The van der Waals surface area contributed by atoms with Gasteiger partial charge in [0.25, 0.3) is 0 Å². The lowest BCUT2D eigenvalue weighted by molar-refractivity contribution is -0.123. The Bertz CT molecular complexity index is 709. The minimum atomic E-state index is -0.700. The monoisotopic (exact) mass is 433 g/mol. The Hall–Kier alpha value is -2.26. The number of ether oxygens (including phenoxy) is 4. The molecule has 1 atom stereocenters. The number of para-hydroxylation sites is 1. The molecule has 0 bridgehead atoms. The smallest absolute Gasteiger partial charge is 0.239 e. The molecule has 1 aromatic heterocycles. The number of nitrogens with one attached hydrogen (secondary N) is 1. The normalized spacial score (nSPS) is 10.7. The summed E-state index contributed by atoms with van der Waals surface area (Å²) < 4.78 is 21.2. The molecule has 10 heteroatoms. The highest BCUT2D eigenvalue weighted by atomic mass is 35.5. The van der Waals surface area contributed by atoms with Crippen LogP contribution in [0.1, 0.15) is 5.56 Å². The van der Waals surface area contributed by atoms with E-state index < -0.39 is 6.04 Å². The number of hydrogen-bond acceptors (Lipinski definition) is 7. The third-order valence-electron chi connectivity index (χ3n) is 3.54. The number of nitrogens with two attached hydrogens (primary N) is 1. The zero-order valence-electron chi connectivity index (χ0n) is 15.8. The number of hydrogen-bond donors (Lipinski definition) is 2. The number of methoxy groups -OCH3 is 3. The Morgan fingerprint density at radius 3 is 2.25 bits per heavy atom. The van der Waals surface area contributed by atoms with Crippen molar-refractivity contribution in [2.45, 2.75) is 12.6 Å². The molecule has 0 spiro atoms. The van der Waals surface area contributed by atoms with Crippen molar-refractivity contribution in [3.8, 4) is 23.1 Å². The number of aromatic nitrogens is 1. The second kappa shape index (κ2) is 13.0. The van der Waals surface area contributed by atoms with E-state index in [4.69, 9.17) is 24.7 Å². The Balaban J connectivity index is 0.00000364. The van der Waals surface area contributed by atoms with Crippen LogP contribution in [-0.2, 0) is 16.1 Å². The zero-order valence-corrected chi connectivity index (χ0v) is 17.5. The molecule has 156 valence electrons. The fourth-order valence-electron chi connectivity index (χ4n) is 2.17. The predicted octanol–water partition coefficient (Wildman–Crippen LogP) is 2.32. The molecule has 0 radical (unpaired) electrons. The first-order valence-corrected chi connectivity index (χ1v) is 7.95. The quantitative estimate of drug-likeness (QED) is 0.624. The Morgan fingerprint density at radius 2 is 1.75 bits per heavy atom. The molecular formula is C18H25Cl2N3O5. The van der Waals surface area contributed by atoms with E-state index in [1.807, 2.05) is 0 Å². The molecule has 2 aromatic rings. The van der Waals surface area contributed by atoms with Crippen LogP contribution in [0.3, 0.4) is 0 Å². The van der Waals surface area contributed by atoms with Gasteiger partial charge >= 0.3 is 0 Å². The average molecular weight is 434 g/mol. The minimum absolute atomic E-state index is 0. The summed E-state index contributed by atoms with van der Waals surface area (Å²) >= 11 is 0. The summed E-state index contributed by atoms with van der Waals surface area (Å²) in [4.78, 5) is 16.0. The van der Waals surface area contributed by atoms with E-state index in [2.05, 4.69) is 10.3 Å². The summed E-state index contributed by atoms with van der Waals surface area (Å²) in [5, 5.41) is 2.72. The van der Waals surface area contributed by atoms with Crippen LogP contribution in [0.2, 0.25) is 0 Å². The maximum Gasteiger partial charge on any atom is 0.239 e.